The highest BCUT2D eigenvalue weighted by Crippen LogP contribution is 2.51. The maximum Gasteiger partial charge on any atom is 0.137 e. The SMILES string of the molecule is c1ccc(N(c2ccc3c(c2)oc2ccccc23)c2cc(N(c3ccccc3)c3ccccc3)c3c(c2)sc2ccc(N(c4ccccc4)c4cccc(-c5ccc6oc7ccccc7c6c5)c4)cc23)cc1. The molecule has 0 aliphatic rings. The van der Waals surface area contributed by atoms with Crippen molar-refractivity contribution in [3.8, 4) is 11.1 Å². The summed E-state index contributed by atoms with van der Waals surface area (Å²) in [6, 6.07) is 93.0. The van der Waals surface area contributed by atoms with Gasteiger partial charge in [-0.15, -0.1) is 11.3 Å². The molecule has 0 bridgehead atoms. The van der Waals surface area contributed by atoms with Gasteiger partial charge in [0.1, 0.15) is 22.3 Å². The topological polar surface area (TPSA) is 36.0 Å². The van der Waals surface area contributed by atoms with Gasteiger partial charge in [0.2, 0.25) is 0 Å². The second kappa shape index (κ2) is 17.2. The van der Waals surface area contributed by atoms with Crippen LogP contribution in [0, 0.1) is 0 Å². The summed E-state index contributed by atoms with van der Waals surface area (Å²) in [5.41, 5.74) is 15.3. The zero-order valence-electron chi connectivity index (χ0n) is 38.9. The number of benzene rings is 11. The zero-order valence-corrected chi connectivity index (χ0v) is 39.7. The van der Waals surface area contributed by atoms with Gasteiger partial charge >= 0.3 is 0 Å². The van der Waals surface area contributed by atoms with E-state index in [9.17, 15) is 0 Å². The summed E-state index contributed by atoms with van der Waals surface area (Å²) in [5.74, 6) is 0. The lowest BCUT2D eigenvalue weighted by Gasteiger charge is -2.30. The van der Waals surface area contributed by atoms with Crippen molar-refractivity contribution in [2.45, 2.75) is 0 Å². The molecule has 0 N–H and O–H groups in total. The molecule has 0 fully saturated rings. The summed E-state index contributed by atoms with van der Waals surface area (Å²) in [6.45, 7) is 0. The highest BCUT2D eigenvalue weighted by Gasteiger charge is 2.25. The molecule has 0 aliphatic carbocycles. The molecule has 0 unspecified atom stereocenters. The molecular formula is C66H43N3O2S. The monoisotopic (exact) mass is 941 g/mol. The van der Waals surface area contributed by atoms with Crippen molar-refractivity contribution in [3.63, 3.8) is 0 Å². The Bertz CT molecular complexity index is 4260. The van der Waals surface area contributed by atoms with Crippen molar-refractivity contribution in [3.05, 3.63) is 261 Å². The summed E-state index contributed by atoms with van der Waals surface area (Å²) >= 11 is 1.83. The van der Waals surface area contributed by atoms with Gasteiger partial charge in [-0.2, -0.15) is 0 Å². The van der Waals surface area contributed by atoms with Gasteiger partial charge in [-0.3, -0.25) is 0 Å². The Morgan fingerprint density at radius 3 is 1.40 bits per heavy atom. The summed E-state index contributed by atoms with van der Waals surface area (Å²) in [4.78, 5) is 7.15. The van der Waals surface area contributed by atoms with Gasteiger partial charge in [0.25, 0.3) is 0 Å². The number of nitrogens with zero attached hydrogens (tertiary/aromatic N) is 3. The van der Waals surface area contributed by atoms with E-state index in [1.165, 1.54) is 20.2 Å². The number of fused-ring (bicyclic) bond motifs is 9. The quantitative estimate of drug-likeness (QED) is 0.137. The maximum absolute atomic E-state index is 6.51. The highest BCUT2D eigenvalue weighted by atomic mass is 32.1. The Balaban J connectivity index is 0.983. The molecule has 0 saturated heterocycles. The number of hydrogen-bond acceptors (Lipinski definition) is 6. The van der Waals surface area contributed by atoms with Crippen LogP contribution >= 0.6 is 11.3 Å². The number of anilines is 9. The predicted octanol–water partition coefficient (Wildman–Crippen LogP) is 19.9. The minimum absolute atomic E-state index is 0.849. The third-order valence-corrected chi connectivity index (χ3v) is 14.9. The molecule has 0 atom stereocenters. The molecule has 14 rings (SSSR count). The molecule has 0 saturated carbocycles. The van der Waals surface area contributed by atoms with Gasteiger partial charge in [0.15, 0.2) is 0 Å². The summed E-state index contributed by atoms with van der Waals surface area (Å²) in [6.07, 6.45) is 0. The Hall–Kier alpha value is -9.36. The van der Waals surface area contributed by atoms with Crippen molar-refractivity contribution < 1.29 is 8.83 Å². The van der Waals surface area contributed by atoms with Gasteiger partial charge < -0.3 is 23.5 Å². The van der Waals surface area contributed by atoms with Gasteiger partial charge in [-0.05, 0) is 139 Å². The van der Waals surface area contributed by atoms with E-state index in [2.05, 4.69) is 251 Å². The van der Waals surface area contributed by atoms with Crippen molar-refractivity contribution in [1.82, 2.24) is 0 Å². The number of thiophene rings is 1. The largest absolute Gasteiger partial charge is 0.456 e. The molecule has 0 spiro atoms. The fraction of sp³-hybridized carbons (Fsp3) is 0. The molecular weight excluding hydrogens is 899 g/mol. The number of rotatable bonds is 10. The van der Waals surface area contributed by atoms with Crippen molar-refractivity contribution >= 4 is 127 Å². The fourth-order valence-corrected chi connectivity index (χ4v) is 11.7. The lowest BCUT2D eigenvalue weighted by molar-refractivity contribution is 0.668. The van der Waals surface area contributed by atoms with Crippen LogP contribution in [-0.2, 0) is 0 Å². The molecule has 3 heterocycles. The van der Waals surface area contributed by atoms with Crippen molar-refractivity contribution in [2.75, 3.05) is 14.7 Å². The van der Waals surface area contributed by atoms with Crippen LogP contribution in [0.3, 0.4) is 0 Å². The van der Waals surface area contributed by atoms with Crippen LogP contribution < -0.4 is 14.7 Å². The molecule has 0 aliphatic heterocycles. The van der Waals surface area contributed by atoms with Gasteiger partial charge in [0, 0.05) is 93.3 Å². The number of hydrogen-bond donors (Lipinski definition) is 0. The van der Waals surface area contributed by atoms with E-state index in [4.69, 9.17) is 8.83 Å². The second-order valence-corrected chi connectivity index (χ2v) is 19.2. The van der Waals surface area contributed by atoms with E-state index in [-0.39, 0.29) is 0 Å². The third kappa shape index (κ3) is 7.15. The van der Waals surface area contributed by atoms with E-state index in [1.54, 1.807) is 0 Å². The Morgan fingerprint density at radius 1 is 0.250 bits per heavy atom. The van der Waals surface area contributed by atoms with Crippen LogP contribution in [-0.4, -0.2) is 0 Å². The Kier molecular flexibility index (Phi) is 9.96. The van der Waals surface area contributed by atoms with Gasteiger partial charge in [-0.1, -0.05) is 127 Å². The fourth-order valence-electron chi connectivity index (χ4n) is 10.5. The Morgan fingerprint density at radius 2 is 0.736 bits per heavy atom. The summed E-state index contributed by atoms with van der Waals surface area (Å²) in [5, 5.41) is 6.79. The Labute approximate surface area is 419 Å². The van der Waals surface area contributed by atoms with E-state index >= 15 is 0 Å². The zero-order chi connectivity index (χ0) is 47.5. The maximum atomic E-state index is 6.51. The average Bonchev–Trinajstić information content (AvgIpc) is 4.13. The van der Waals surface area contributed by atoms with E-state index < -0.39 is 0 Å². The molecule has 11 aromatic carbocycles. The lowest BCUT2D eigenvalue weighted by Crippen LogP contribution is -2.13. The van der Waals surface area contributed by atoms with Crippen LogP contribution in [0.25, 0.3) is 75.2 Å². The first kappa shape index (κ1) is 41.6. The van der Waals surface area contributed by atoms with Crippen LogP contribution in [0.2, 0.25) is 0 Å². The lowest BCUT2D eigenvalue weighted by atomic mass is 10.0. The third-order valence-electron chi connectivity index (χ3n) is 13.8. The standard InChI is InChI=1S/C66H43N3O2S/c1-5-19-46(20-6-1)67(50-27-17-18-44(38-50)45-32-36-62-57(39-45)55-29-14-16-31-61(55)70-62)51-34-37-64-58(40-51)66-59(69(48-23-9-3-10-24-48)49-25-11-4-12-26-49)41-53(43-65(66)72-64)68(47-21-7-2-8-22-47)52-33-35-56-54-28-13-15-30-60(54)71-63(56)42-52/h1-43H. The number of para-hydroxylation sites is 6. The molecule has 14 aromatic rings. The first-order valence-electron chi connectivity index (χ1n) is 24.2. The summed E-state index contributed by atoms with van der Waals surface area (Å²) in [7, 11) is 0. The van der Waals surface area contributed by atoms with Gasteiger partial charge in [0.05, 0.1) is 5.69 Å². The van der Waals surface area contributed by atoms with E-state index in [1.807, 2.05) is 35.6 Å². The van der Waals surface area contributed by atoms with E-state index in [0.717, 1.165) is 106 Å². The minimum atomic E-state index is 0.849. The van der Waals surface area contributed by atoms with Gasteiger partial charge in [-0.25, -0.2) is 0 Å². The second-order valence-electron chi connectivity index (χ2n) is 18.1. The first-order valence-corrected chi connectivity index (χ1v) is 25.0. The molecule has 5 nitrogen and oxygen atoms in total. The van der Waals surface area contributed by atoms with Crippen LogP contribution in [0.15, 0.2) is 270 Å². The average molecular weight is 942 g/mol. The molecule has 0 amide bonds. The van der Waals surface area contributed by atoms with Crippen molar-refractivity contribution in [2.24, 2.45) is 0 Å². The normalized spacial score (nSPS) is 11.6. The minimum Gasteiger partial charge on any atom is -0.456 e. The predicted molar refractivity (Wildman–Crippen MR) is 303 cm³/mol. The highest BCUT2D eigenvalue weighted by molar-refractivity contribution is 7.26. The smallest absolute Gasteiger partial charge is 0.137 e. The molecule has 3 aromatic heterocycles. The molecule has 72 heavy (non-hydrogen) atoms. The molecule has 6 heteroatoms. The molecule has 340 valence electrons. The molecule has 0 radical (unpaired) electrons. The first-order chi connectivity index (χ1) is 35.7. The van der Waals surface area contributed by atoms with Crippen molar-refractivity contribution in [1.29, 1.82) is 0 Å². The van der Waals surface area contributed by atoms with E-state index in [0.29, 0.717) is 0 Å². The summed E-state index contributed by atoms with van der Waals surface area (Å²) < 4.78 is 15.1. The van der Waals surface area contributed by atoms with Crippen LogP contribution in [0.5, 0.6) is 0 Å². The number of furan rings is 2. The van der Waals surface area contributed by atoms with Crippen LogP contribution in [0.4, 0.5) is 51.2 Å². The van der Waals surface area contributed by atoms with Crippen LogP contribution in [0.1, 0.15) is 0 Å².